The van der Waals surface area contributed by atoms with E-state index in [1.807, 2.05) is 65.1 Å². The number of rotatable bonds is 21. The molecule has 0 amide bonds. The Morgan fingerprint density at radius 1 is 0.911 bits per heavy atom. The van der Waals surface area contributed by atoms with Crippen LogP contribution in [-0.4, -0.2) is 35.7 Å². The van der Waals surface area contributed by atoms with Crippen LogP contribution in [0.15, 0.2) is 67.5 Å². The highest BCUT2D eigenvalue weighted by atomic mass is 127. The van der Waals surface area contributed by atoms with Gasteiger partial charge in [0.05, 0.1) is 37.2 Å². The van der Waals surface area contributed by atoms with Gasteiger partial charge in [-0.2, -0.15) is 0 Å². The Kier molecular flexibility index (Phi) is 16.4. The van der Waals surface area contributed by atoms with Gasteiger partial charge in [0.2, 0.25) is 3.79 Å². The summed E-state index contributed by atoms with van der Waals surface area (Å²) in [6.45, 7) is 13.5. The van der Waals surface area contributed by atoms with Crippen molar-refractivity contribution >= 4 is 32.4 Å². The zero-order chi connectivity index (χ0) is 32.4. The van der Waals surface area contributed by atoms with Gasteiger partial charge < -0.3 is 23.7 Å². The Labute approximate surface area is 282 Å². The standard InChI is InChI=1S/C37H49IO7/c1-5-12-30(6-2)45-33-21-22-35(34(25-33)37(38)40)43-26-28-13-15-29(16-14-28)27(4)44-32-19-17-31(18-20-32)41-23-10-8-9-11-24-42-36(39)7-3/h7,17-22,25,28-30H,3-6,8-16,23-24,26H2,1-2H3. The zero-order valence-corrected chi connectivity index (χ0v) is 29.1. The summed E-state index contributed by atoms with van der Waals surface area (Å²) in [6.07, 6.45) is 12.1. The first-order valence-electron chi connectivity index (χ1n) is 16.3. The maximum Gasteiger partial charge on any atom is 0.330 e. The van der Waals surface area contributed by atoms with Gasteiger partial charge in [0.1, 0.15) is 23.0 Å². The number of carbonyl (C=O) groups excluding carboxylic acids is 2. The second-order valence-corrected chi connectivity index (χ2v) is 12.6. The number of ether oxygens (including phenoxy) is 5. The van der Waals surface area contributed by atoms with E-state index < -0.39 is 0 Å². The Morgan fingerprint density at radius 2 is 1.58 bits per heavy atom. The number of benzene rings is 2. The number of hydrogen-bond acceptors (Lipinski definition) is 7. The highest BCUT2D eigenvalue weighted by molar-refractivity contribution is 14.1. The molecule has 2 aromatic rings. The van der Waals surface area contributed by atoms with E-state index in [0.29, 0.717) is 43.0 Å². The molecule has 2 aromatic carbocycles. The van der Waals surface area contributed by atoms with Gasteiger partial charge in [0, 0.05) is 34.6 Å². The lowest BCUT2D eigenvalue weighted by Gasteiger charge is -2.29. The summed E-state index contributed by atoms with van der Waals surface area (Å²) in [5.74, 6) is 4.06. The molecule has 246 valence electrons. The van der Waals surface area contributed by atoms with Gasteiger partial charge in [0.25, 0.3) is 0 Å². The topological polar surface area (TPSA) is 80.3 Å². The summed E-state index contributed by atoms with van der Waals surface area (Å²) in [4.78, 5) is 23.4. The van der Waals surface area contributed by atoms with Crippen LogP contribution < -0.4 is 18.9 Å². The van der Waals surface area contributed by atoms with E-state index >= 15 is 0 Å². The molecular formula is C37H49IO7. The molecule has 45 heavy (non-hydrogen) atoms. The zero-order valence-electron chi connectivity index (χ0n) is 26.9. The number of hydrogen-bond donors (Lipinski definition) is 0. The maximum atomic E-state index is 12.4. The molecule has 8 heteroatoms. The molecule has 0 spiro atoms. The van der Waals surface area contributed by atoms with Crippen molar-refractivity contribution in [3.05, 3.63) is 73.0 Å². The van der Waals surface area contributed by atoms with Crippen LogP contribution in [0.4, 0.5) is 0 Å². The quantitative estimate of drug-likeness (QED) is 0.0316. The van der Waals surface area contributed by atoms with Crippen LogP contribution in [0.1, 0.15) is 94.8 Å². The van der Waals surface area contributed by atoms with Crippen LogP contribution in [-0.2, 0) is 9.53 Å². The van der Waals surface area contributed by atoms with E-state index in [-0.39, 0.29) is 15.9 Å². The molecule has 3 rings (SSSR count). The van der Waals surface area contributed by atoms with Crippen LogP contribution in [0.5, 0.6) is 23.0 Å². The summed E-state index contributed by atoms with van der Waals surface area (Å²) in [6, 6.07) is 13.3. The van der Waals surface area contributed by atoms with Crippen LogP contribution >= 0.6 is 22.6 Å². The molecule has 0 saturated heterocycles. The van der Waals surface area contributed by atoms with E-state index in [0.717, 1.165) is 93.6 Å². The SMILES string of the molecule is C=CC(=O)OCCCCCCOc1ccc(OC(=C)C2CCC(COc3ccc(OC(CC)CCC)cc3C(=O)I)CC2)cc1. The van der Waals surface area contributed by atoms with Gasteiger partial charge in [0.15, 0.2) is 0 Å². The fourth-order valence-corrected chi connectivity index (χ4v) is 5.82. The third kappa shape index (κ3) is 13.1. The van der Waals surface area contributed by atoms with Gasteiger partial charge in [-0.25, -0.2) is 4.79 Å². The van der Waals surface area contributed by atoms with Gasteiger partial charge in [-0.3, -0.25) is 4.79 Å². The molecule has 1 unspecified atom stereocenters. The lowest BCUT2D eigenvalue weighted by Crippen LogP contribution is -2.22. The first-order valence-corrected chi connectivity index (χ1v) is 17.4. The molecule has 1 aliphatic carbocycles. The minimum absolute atomic E-state index is 0.0502. The number of carbonyl (C=O) groups is 2. The molecule has 0 radical (unpaired) electrons. The normalized spacial score (nSPS) is 16.7. The van der Waals surface area contributed by atoms with E-state index in [2.05, 4.69) is 27.0 Å². The highest BCUT2D eigenvalue weighted by Gasteiger charge is 2.25. The van der Waals surface area contributed by atoms with Crippen LogP contribution in [0.2, 0.25) is 0 Å². The van der Waals surface area contributed by atoms with Crippen LogP contribution in [0.25, 0.3) is 0 Å². The van der Waals surface area contributed by atoms with E-state index in [1.165, 1.54) is 6.08 Å². The predicted octanol–water partition coefficient (Wildman–Crippen LogP) is 9.67. The Balaban J connectivity index is 1.35. The highest BCUT2D eigenvalue weighted by Crippen LogP contribution is 2.35. The molecule has 0 aromatic heterocycles. The molecule has 1 saturated carbocycles. The van der Waals surface area contributed by atoms with E-state index in [1.54, 1.807) is 0 Å². The Bertz CT molecular complexity index is 1220. The second-order valence-electron chi connectivity index (χ2n) is 11.6. The van der Waals surface area contributed by atoms with Crippen molar-refractivity contribution in [3.8, 4) is 23.0 Å². The van der Waals surface area contributed by atoms with Gasteiger partial charge in [-0.15, -0.1) is 0 Å². The minimum atomic E-state index is -0.370. The lowest BCUT2D eigenvalue weighted by atomic mass is 9.81. The number of allylic oxidation sites excluding steroid dienone is 1. The van der Waals surface area contributed by atoms with Gasteiger partial charge in [-0.05, 0) is 113 Å². The molecule has 0 heterocycles. The molecule has 0 N–H and O–H groups in total. The van der Waals surface area contributed by atoms with E-state index in [9.17, 15) is 9.59 Å². The van der Waals surface area contributed by atoms with Crippen LogP contribution in [0, 0.1) is 11.8 Å². The first kappa shape index (κ1) is 36.5. The van der Waals surface area contributed by atoms with Crippen LogP contribution in [0.3, 0.4) is 0 Å². The summed E-state index contributed by atoms with van der Waals surface area (Å²) in [7, 11) is 0. The lowest BCUT2D eigenvalue weighted by molar-refractivity contribution is -0.137. The Hall–Kier alpha value is -3.01. The number of esters is 1. The second kappa shape index (κ2) is 20.2. The average molecular weight is 733 g/mol. The molecular weight excluding hydrogens is 683 g/mol. The first-order chi connectivity index (χ1) is 21.8. The fraction of sp³-hybridized carbons (Fsp3) is 0.514. The molecule has 7 nitrogen and oxygen atoms in total. The third-order valence-electron chi connectivity index (χ3n) is 8.10. The van der Waals surface area contributed by atoms with Crippen molar-refractivity contribution in [2.45, 2.75) is 90.6 Å². The minimum Gasteiger partial charge on any atom is -0.494 e. The molecule has 1 aliphatic rings. The van der Waals surface area contributed by atoms with Crippen molar-refractivity contribution in [1.82, 2.24) is 0 Å². The summed E-state index contributed by atoms with van der Waals surface area (Å²) in [5.41, 5.74) is 0.562. The number of unbranched alkanes of at least 4 members (excludes halogenated alkanes) is 3. The molecule has 1 atom stereocenters. The maximum absolute atomic E-state index is 12.4. The number of halogens is 1. The van der Waals surface area contributed by atoms with Gasteiger partial charge >= 0.3 is 5.97 Å². The summed E-state index contributed by atoms with van der Waals surface area (Å²) < 4.78 is 29.2. The average Bonchev–Trinajstić information content (AvgIpc) is 3.05. The summed E-state index contributed by atoms with van der Waals surface area (Å²) in [5, 5.41) is 0. The predicted molar refractivity (Wildman–Crippen MR) is 187 cm³/mol. The van der Waals surface area contributed by atoms with Crippen molar-refractivity contribution < 1.29 is 33.3 Å². The largest absolute Gasteiger partial charge is 0.494 e. The van der Waals surface area contributed by atoms with Crippen molar-refractivity contribution in [1.29, 1.82) is 0 Å². The third-order valence-corrected chi connectivity index (χ3v) is 8.68. The molecule has 0 bridgehead atoms. The fourth-order valence-electron chi connectivity index (χ4n) is 5.40. The molecule has 0 aliphatic heterocycles. The van der Waals surface area contributed by atoms with Crippen molar-refractivity contribution in [2.75, 3.05) is 19.8 Å². The van der Waals surface area contributed by atoms with E-state index in [4.69, 9.17) is 23.7 Å². The monoisotopic (exact) mass is 732 g/mol. The van der Waals surface area contributed by atoms with Gasteiger partial charge in [-0.1, -0.05) is 33.4 Å². The summed E-state index contributed by atoms with van der Waals surface area (Å²) >= 11 is 1.82. The smallest absolute Gasteiger partial charge is 0.330 e. The van der Waals surface area contributed by atoms with Crippen molar-refractivity contribution in [3.63, 3.8) is 0 Å². The Morgan fingerprint density at radius 3 is 2.22 bits per heavy atom. The van der Waals surface area contributed by atoms with Crippen molar-refractivity contribution in [2.24, 2.45) is 11.8 Å². The molecule has 1 fully saturated rings.